The van der Waals surface area contributed by atoms with Crippen molar-refractivity contribution in [2.24, 2.45) is 0 Å². The Balaban J connectivity index is 2.30. The molecule has 0 radical (unpaired) electrons. The molecular weight excluding hydrogens is 373 g/mol. The van der Waals surface area contributed by atoms with Crippen LogP contribution in [0.15, 0.2) is 34.9 Å². The van der Waals surface area contributed by atoms with Gasteiger partial charge in [-0.2, -0.15) is 0 Å². The van der Waals surface area contributed by atoms with Gasteiger partial charge >= 0.3 is 0 Å². The molecule has 0 spiro atoms. The fourth-order valence-electron chi connectivity index (χ4n) is 2.29. The van der Waals surface area contributed by atoms with Crippen LogP contribution in [-0.4, -0.2) is 20.4 Å². The Morgan fingerprint density at radius 1 is 1.29 bits per heavy atom. The molecule has 0 aliphatic heterocycles. The van der Waals surface area contributed by atoms with Gasteiger partial charge < -0.3 is 0 Å². The summed E-state index contributed by atoms with van der Waals surface area (Å²) in [5.41, 5.74) is 3.76. The highest BCUT2D eigenvalue weighted by Gasteiger charge is 2.15. The molecule has 0 aliphatic carbocycles. The summed E-state index contributed by atoms with van der Waals surface area (Å²) >= 11 is 15.5. The zero-order chi connectivity index (χ0) is 15.0. The van der Waals surface area contributed by atoms with Crippen LogP contribution in [0.25, 0.3) is 16.9 Å². The number of aromatic nitrogens is 3. The number of rotatable bonds is 3. The number of hydrogen-bond acceptors (Lipinski definition) is 2. The van der Waals surface area contributed by atoms with Crippen LogP contribution in [0, 0.1) is 6.92 Å². The maximum Gasteiger partial charge on any atom is 0.164 e. The van der Waals surface area contributed by atoms with E-state index in [1.165, 1.54) is 0 Å². The summed E-state index contributed by atoms with van der Waals surface area (Å²) in [5.74, 6) is 1.40. The molecule has 0 saturated carbocycles. The maximum absolute atomic E-state index is 6.22. The molecule has 0 amide bonds. The van der Waals surface area contributed by atoms with E-state index in [-0.39, 0.29) is 0 Å². The first kappa shape index (κ1) is 14.8. The van der Waals surface area contributed by atoms with Crippen molar-refractivity contribution < 1.29 is 0 Å². The molecule has 3 nitrogen and oxygen atoms in total. The van der Waals surface area contributed by atoms with Gasteiger partial charge in [-0.3, -0.25) is 4.57 Å². The number of nitrogens with zero attached hydrogens (tertiary/aromatic N) is 3. The highest BCUT2D eigenvalue weighted by molar-refractivity contribution is 9.10. The molecule has 6 heteroatoms. The van der Waals surface area contributed by atoms with Crippen molar-refractivity contribution in [2.45, 2.75) is 13.3 Å². The number of fused-ring (bicyclic) bond motifs is 1. The van der Waals surface area contributed by atoms with E-state index in [1.807, 2.05) is 35.8 Å². The van der Waals surface area contributed by atoms with Crippen molar-refractivity contribution in [1.82, 2.24) is 14.5 Å². The lowest BCUT2D eigenvalue weighted by atomic mass is 10.2. The van der Waals surface area contributed by atoms with Crippen molar-refractivity contribution in [3.8, 4) is 5.69 Å². The first-order chi connectivity index (χ1) is 10.1. The van der Waals surface area contributed by atoms with Crippen LogP contribution < -0.4 is 0 Å². The number of alkyl halides is 1. The number of halogens is 3. The van der Waals surface area contributed by atoms with Gasteiger partial charge in [-0.05, 0) is 52.7 Å². The van der Waals surface area contributed by atoms with Gasteiger partial charge in [0.05, 0.1) is 10.7 Å². The minimum absolute atomic E-state index is 0.507. The molecule has 0 atom stereocenters. The lowest BCUT2D eigenvalue weighted by Crippen LogP contribution is -2.03. The van der Waals surface area contributed by atoms with Crippen molar-refractivity contribution in [3.05, 3.63) is 51.3 Å². The van der Waals surface area contributed by atoms with Crippen LogP contribution in [0.5, 0.6) is 0 Å². The Kier molecular flexibility index (Phi) is 4.20. The molecule has 0 bridgehead atoms. The van der Waals surface area contributed by atoms with Crippen LogP contribution >= 0.6 is 39.1 Å². The van der Waals surface area contributed by atoms with E-state index in [4.69, 9.17) is 28.2 Å². The zero-order valence-electron chi connectivity index (χ0n) is 11.3. The second kappa shape index (κ2) is 5.95. The van der Waals surface area contributed by atoms with Crippen LogP contribution in [0.4, 0.5) is 0 Å². The van der Waals surface area contributed by atoms with Crippen LogP contribution in [-0.2, 0) is 6.42 Å². The standard InChI is InChI=1S/C15H12BrCl2N3/c1-9-5-7-19-15-14(9)20-13(4-6-17)21(15)10-2-3-11(16)12(18)8-10/h2-3,5,7-8H,4,6H2,1H3. The molecule has 1 aromatic carbocycles. The van der Waals surface area contributed by atoms with E-state index >= 15 is 0 Å². The topological polar surface area (TPSA) is 30.7 Å². The molecule has 2 heterocycles. The summed E-state index contributed by atoms with van der Waals surface area (Å²) in [4.78, 5) is 9.17. The smallest absolute Gasteiger partial charge is 0.164 e. The lowest BCUT2D eigenvalue weighted by Gasteiger charge is -2.09. The summed E-state index contributed by atoms with van der Waals surface area (Å²) in [6, 6.07) is 7.76. The predicted octanol–water partition coefficient (Wildman–Crippen LogP) is 4.93. The molecular formula is C15H12BrCl2N3. The largest absolute Gasteiger partial charge is 0.281 e. The second-order valence-corrected chi connectivity index (χ2v) is 6.34. The third-order valence-corrected chi connectivity index (χ3v) is 4.72. The van der Waals surface area contributed by atoms with E-state index in [9.17, 15) is 0 Å². The molecule has 3 aromatic rings. The third kappa shape index (κ3) is 2.68. The van der Waals surface area contributed by atoms with Gasteiger partial charge in [0.15, 0.2) is 5.65 Å². The third-order valence-electron chi connectivity index (χ3n) is 3.30. The van der Waals surface area contributed by atoms with Gasteiger partial charge in [0.2, 0.25) is 0 Å². The molecule has 0 fully saturated rings. The summed E-state index contributed by atoms with van der Waals surface area (Å²) in [6.07, 6.45) is 2.46. The summed E-state index contributed by atoms with van der Waals surface area (Å²) < 4.78 is 2.88. The number of imidazole rings is 1. The average molecular weight is 385 g/mol. The van der Waals surface area contributed by atoms with E-state index in [1.54, 1.807) is 6.20 Å². The van der Waals surface area contributed by atoms with Gasteiger partial charge in [0, 0.05) is 23.0 Å². The van der Waals surface area contributed by atoms with Gasteiger partial charge in [0.1, 0.15) is 11.3 Å². The Morgan fingerprint density at radius 3 is 2.81 bits per heavy atom. The van der Waals surface area contributed by atoms with Crippen LogP contribution in [0.1, 0.15) is 11.4 Å². The maximum atomic E-state index is 6.22. The molecule has 0 unspecified atom stereocenters. The van der Waals surface area contributed by atoms with Crippen molar-refractivity contribution in [1.29, 1.82) is 0 Å². The molecule has 0 saturated heterocycles. The number of pyridine rings is 1. The quantitative estimate of drug-likeness (QED) is 0.599. The SMILES string of the molecule is Cc1ccnc2c1nc(CCCl)n2-c1ccc(Br)c(Cl)c1. The molecule has 0 N–H and O–H groups in total. The Hall–Kier alpha value is -1.10. The van der Waals surface area contributed by atoms with Gasteiger partial charge in [-0.1, -0.05) is 11.6 Å². The van der Waals surface area contributed by atoms with E-state index in [2.05, 4.69) is 20.9 Å². The van der Waals surface area contributed by atoms with Gasteiger partial charge in [-0.15, -0.1) is 11.6 Å². The van der Waals surface area contributed by atoms with Gasteiger partial charge in [-0.25, -0.2) is 9.97 Å². The number of benzene rings is 1. The lowest BCUT2D eigenvalue weighted by molar-refractivity contribution is 0.905. The van der Waals surface area contributed by atoms with Crippen LogP contribution in [0.2, 0.25) is 5.02 Å². The highest BCUT2D eigenvalue weighted by atomic mass is 79.9. The fourth-order valence-corrected chi connectivity index (χ4v) is 2.88. The molecule has 108 valence electrons. The summed E-state index contributed by atoms with van der Waals surface area (Å²) in [6.45, 7) is 2.03. The molecule has 0 aliphatic rings. The second-order valence-electron chi connectivity index (χ2n) is 4.70. The zero-order valence-corrected chi connectivity index (χ0v) is 14.4. The fraction of sp³-hybridized carbons (Fsp3) is 0.200. The number of aryl methyl sites for hydroxylation is 2. The van der Waals surface area contributed by atoms with E-state index in [0.29, 0.717) is 17.3 Å². The minimum Gasteiger partial charge on any atom is -0.281 e. The van der Waals surface area contributed by atoms with E-state index in [0.717, 1.165) is 32.7 Å². The van der Waals surface area contributed by atoms with Crippen molar-refractivity contribution in [2.75, 3.05) is 5.88 Å². The molecule has 3 rings (SSSR count). The molecule has 2 aromatic heterocycles. The first-order valence-electron chi connectivity index (χ1n) is 6.46. The van der Waals surface area contributed by atoms with Gasteiger partial charge in [0.25, 0.3) is 0 Å². The summed E-state index contributed by atoms with van der Waals surface area (Å²) in [7, 11) is 0. The Bertz CT molecular complexity index is 814. The number of hydrogen-bond donors (Lipinski definition) is 0. The van der Waals surface area contributed by atoms with E-state index < -0.39 is 0 Å². The molecule has 21 heavy (non-hydrogen) atoms. The highest BCUT2D eigenvalue weighted by Crippen LogP contribution is 2.28. The average Bonchev–Trinajstić information content (AvgIpc) is 2.82. The monoisotopic (exact) mass is 383 g/mol. The van der Waals surface area contributed by atoms with Crippen molar-refractivity contribution in [3.63, 3.8) is 0 Å². The summed E-state index contributed by atoms with van der Waals surface area (Å²) in [5, 5.41) is 0.652. The minimum atomic E-state index is 0.507. The predicted molar refractivity (Wildman–Crippen MR) is 90.7 cm³/mol. The Labute approximate surface area is 141 Å². The first-order valence-corrected chi connectivity index (χ1v) is 8.16. The Morgan fingerprint density at radius 2 is 2.10 bits per heavy atom. The van der Waals surface area contributed by atoms with Crippen molar-refractivity contribution >= 4 is 50.3 Å². The van der Waals surface area contributed by atoms with Crippen LogP contribution in [0.3, 0.4) is 0 Å². The normalized spacial score (nSPS) is 11.2.